The first-order chi connectivity index (χ1) is 14.0. The molecule has 0 radical (unpaired) electrons. The predicted molar refractivity (Wildman–Crippen MR) is 112 cm³/mol. The number of hydrogen-bond donors (Lipinski definition) is 2. The van der Waals surface area contributed by atoms with E-state index >= 15 is 0 Å². The van der Waals surface area contributed by atoms with Gasteiger partial charge in [0.2, 0.25) is 6.79 Å². The summed E-state index contributed by atoms with van der Waals surface area (Å²) in [6.45, 7) is 6.09. The highest BCUT2D eigenvalue weighted by Crippen LogP contribution is 2.38. The molecule has 6 heteroatoms. The average molecular weight is 387 g/mol. The van der Waals surface area contributed by atoms with Crippen LogP contribution in [0.1, 0.15) is 16.7 Å². The van der Waals surface area contributed by atoms with E-state index in [4.69, 9.17) is 14.5 Å². The monoisotopic (exact) mass is 387 g/mol. The summed E-state index contributed by atoms with van der Waals surface area (Å²) < 4.78 is 13.0. The number of benzene rings is 2. The van der Waals surface area contributed by atoms with E-state index in [9.17, 15) is 5.11 Å². The number of nitrogens with one attached hydrogen (secondary N) is 1. The zero-order chi connectivity index (χ0) is 20.1. The number of phenols is 1. The number of anilines is 2. The molecule has 29 heavy (non-hydrogen) atoms. The normalized spacial score (nSPS) is 12.5. The first-order valence-corrected chi connectivity index (χ1v) is 9.45. The summed E-state index contributed by atoms with van der Waals surface area (Å²) in [5, 5.41) is 13.7. The summed E-state index contributed by atoms with van der Waals surface area (Å²) in [7, 11) is 0. The third-order valence-corrected chi connectivity index (χ3v) is 5.17. The minimum atomic E-state index is 0.241. The van der Waals surface area contributed by atoms with E-state index in [1.165, 1.54) is 0 Å². The third-order valence-electron chi connectivity index (χ3n) is 5.17. The number of nitrogens with zero attached hydrogens (tertiary/aromatic N) is 2. The summed E-state index contributed by atoms with van der Waals surface area (Å²) in [4.78, 5) is 4.87. The van der Waals surface area contributed by atoms with Crippen molar-refractivity contribution < 1.29 is 14.6 Å². The maximum Gasteiger partial charge on any atom is 0.231 e. The van der Waals surface area contributed by atoms with E-state index in [-0.39, 0.29) is 6.79 Å². The maximum atomic E-state index is 10.2. The van der Waals surface area contributed by atoms with Crippen molar-refractivity contribution >= 4 is 17.2 Å². The Bertz CT molecular complexity index is 1240. The predicted octanol–water partition coefficient (Wildman–Crippen LogP) is 5.10. The van der Waals surface area contributed by atoms with Crippen LogP contribution in [0.3, 0.4) is 0 Å². The molecule has 1 aliphatic rings. The van der Waals surface area contributed by atoms with Gasteiger partial charge in [-0.05, 0) is 67.8 Å². The molecule has 0 bridgehead atoms. The molecule has 146 valence electrons. The summed E-state index contributed by atoms with van der Waals surface area (Å²) in [6.07, 6.45) is 2.06. The van der Waals surface area contributed by atoms with Gasteiger partial charge in [0.05, 0.1) is 0 Å². The highest BCUT2D eigenvalue weighted by atomic mass is 16.7. The second-order valence-corrected chi connectivity index (χ2v) is 7.40. The van der Waals surface area contributed by atoms with Gasteiger partial charge in [-0.15, -0.1) is 0 Å². The number of imidazole rings is 1. The van der Waals surface area contributed by atoms with E-state index < -0.39 is 0 Å². The van der Waals surface area contributed by atoms with Crippen molar-refractivity contribution in [1.82, 2.24) is 9.38 Å². The standard InChI is InChI=1S/C23H21N3O3/c1-13-4-7-20-25-21(16-8-14(2)22(27)15(3)9-16)23(26(20)11-13)24-17-5-6-18-19(10-17)29-12-28-18/h4-11,24,27H,12H2,1-3H3. The van der Waals surface area contributed by atoms with Crippen molar-refractivity contribution in [2.75, 3.05) is 12.1 Å². The van der Waals surface area contributed by atoms with Gasteiger partial charge in [0.1, 0.15) is 22.9 Å². The third kappa shape index (κ3) is 2.93. The smallest absolute Gasteiger partial charge is 0.231 e. The number of aromatic hydroxyl groups is 1. The molecular formula is C23H21N3O3. The summed E-state index contributed by atoms with van der Waals surface area (Å²) in [5.74, 6) is 2.64. The Morgan fingerprint density at radius 1 is 0.966 bits per heavy atom. The molecule has 0 aliphatic carbocycles. The lowest BCUT2D eigenvalue weighted by molar-refractivity contribution is 0.174. The Labute approximate surface area is 168 Å². The molecule has 0 atom stereocenters. The van der Waals surface area contributed by atoms with Crippen LogP contribution in [0.15, 0.2) is 48.7 Å². The quantitative estimate of drug-likeness (QED) is 0.512. The lowest BCUT2D eigenvalue weighted by atomic mass is 10.0. The minimum Gasteiger partial charge on any atom is -0.507 e. The number of hydrogen-bond acceptors (Lipinski definition) is 5. The van der Waals surface area contributed by atoms with Crippen LogP contribution in [0.5, 0.6) is 17.2 Å². The Morgan fingerprint density at radius 3 is 2.52 bits per heavy atom. The lowest BCUT2D eigenvalue weighted by Gasteiger charge is -2.11. The molecule has 4 aromatic rings. The van der Waals surface area contributed by atoms with Crippen LogP contribution in [-0.2, 0) is 0 Å². The number of fused-ring (bicyclic) bond motifs is 2. The topological polar surface area (TPSA) is 68.0 Å². The van der Waals surface area contributed by atoms with Gasteiger partial charge in [0, 0.05) is 23.5 Å². The second-order valence-electron chi connectivity index (χ2n) is 7.40. The molecule has 6 nitrogen and oxygen atoms in total. The van der Waals surface area contributed by atoms with Gasteiger partial charge in [0.15, 0.2) is 11.5 Å². The highest BCUT2D eigenvalue weighted by Gasteiger charge is 2.18. The van der Waals surface area contributed by atoms with E-state index in [1.807, 2.05) is 60.7 Å². The Morgan fingerprint density at radius 2 is 1.72 bits per heavy atom. The van der Waals surface area contributed by atoms with Crippen LogP contribution >= 0.6 is 0 Å². The Hall–Kier alpha value is -3.67. The van der Waals surface area contributed by atoms with Crippen molar-refractivity contribution in [3.05, 3.63) is 65.4 Å². The number of rotatable bonds is 3. The van der Waals surface area contributed by atoms with Gasteiger partial charge in [0.25, 0.3) is 0 Å². The molecule has 0 fully saturated rings. The van der Waals surface area contributed by atoms with Crippen LogP contribution in [-0.4, -0.2) is 21.3 Å². The zero-order valence-corrected chi connectivity index (χ0v) is 16.5. The Balaban J connectivity index is 1.68. The highest BCUT2D eigenvalue weighted by molar-refractivity contribution is 5.81. The van der Waals surface area contributed by atoms with Crippen molar-refractivity contribution in [3.8, 4) is 28.5 Å². The van der Waals surface area contributed by atoms with E-state index in [0.29, 0.717) is 5.75 Å². The van der Waals surface area contributed by atoms with Gasteiger partial charge in [-0.2, -0.15) is 0 Å². The molecule has 0 spiro atoms. The molecule has 3 heterocycles. The summed E-state index contributed by atoms with van der Waals surface area (Å²) >= 11 is 0. The fourth-order valence-corrected chi connectivity index (χ4v) is 3.68. The summed E-state index contributed by atoms with van der Waals surface area (Å²) in [5.41, 5.74) is 6.27. The molecular weight excluding hydrogens is 366 g/mol. The number of aryl methyl sites for hydroxylation is 3. The molecule has 0 saturated heterocycles. The van der Waals surface area contributed by atoms with Crippen LogP contribution in [0.25, 0.3) is 16.9 Å². The SMILES string of the molecule is Cc1ccc2nc(-c3cc(C)c(O)c(C)c3)c(Nc3ccc4c(c3)OCO4)n2c1. The van der Waals surface area contributed by atoms with Crippen molar-refractivity contribution in [2.24, 2.45) is 0 Å². The molecule has 0 unspecified atom stereocenters. The number of pyridine rings is 1. The van der Waals surface area contributed by atoms with Gasteiger partial charge >= 0.3 is 0 Å². The summed E-state index contributed by atoms with van der Waals surface area (Å²) in [6, 6.07) is 13.7. The van der Waals surface area contributed by atoms with Gasteiger partial charge < -0.3 is 19.9 Å². The van der Waals surface area contributed by atoms with E-state index in [1.54, 1.807) is 0 Å². The van der Waals surface area contributed by atoms with Gasteiger partial charge in [-0.25, -0.2) is 4.98 Å². The second kappa shape index (κ2) is 6.44. The largest absolute Gasteiger partial charge is 0.507 e. The van der Waals surface area contributed by atoms with Gasteiger partial charge in [-0.1, -0.05) is 6.07 Å². The van der Waals surface area contributed by atoms with Crippen LogP contribution in [0.4, 0.5) is 11.5 Å². The van der Waals surface area contributed by atoms with Crippen molar-refractivity contribution in [1.29, 1.82) is 0 Å². The number of ether oxygens (including phenoxy) is 2. The van der Waals surface area contributed by atoms with Crippen LogP contribution in [0.2, 0.25) is 0 Å². The average Bonchev–Trinajstić information content (AvgIpc) is 3.30. The fourth-order valence-electron chi connectivity index (χ4n) is 3.68. The number of phenolic OH excluding ortho intramolecular Hbond substituents is 1. The molecule has 5 rings (SSSR count). The molecule has 2 aromatic carbocycles. The van der Waals surface area contributed by atoms with Crippen molar-refractivity contribution in [2.45, 2.75) is 20.8 Å². The van der Waals surface area contributed by atoms with E-state index in [2.05, 4.69) is 18.4 Å². The maximum absolute atomic E-state index is 10.2. The van der Waals surface area contributed by atoms with E-state index in [0.717, 1.165) is 56.6 Å². The molecule has 2 aromatic heterocycles. The van der Waals surface area contributed by atoms with Crippen LogP contribution < -0.4 is 14.8 Å². The first-order valence-electron chi connectivity index (χ1n) is 9.45. The fraction of sp³-hybridized carbons (Fsp3) is 0.174. The van der Waals surface area contributed by atoms with Crippen LogP contribution in [0, 0.1) is 20.8 Å². The minimum absolute atomic E-state index is 0.241. The molecule has 1 aliphatic heterocycles. The lowest BCUT2D eigenvalue weighted by Crippen LogP contribution is -1.98. The van der Waals surface area contributed by atoms with Crippen molar-refractivity contribution in [3.63, 3.8) is 0 Å². The molecule has 0 saturated carbocycles. The number of aromatic nitrogens is 2. The zero-order valence-electron chi connectivity index (χ0n) is 16.5. The molecule has 2 N–H and O–H groups in total. The van der Waals surface area contributed by atoms with Gasteiger partial charge in [-0.3, -0.25) is 4.40 Å². The Kier molecular flexibility index (Phi) is 3.87. The molecule has 0 amide bonds. The first kappa shape index (κ1) is 17.4.